The normalized spacial score (nSPS) is 44.2. The summed E-state index contributed by atoms with van der Waals surface area (Å²) >= 11 is 0. The quantitative estimate of drug-likeness (QED) is 0.683. The van der Waals surface area contributed by atoms with E-state index in [1.807, 2.05) is 0 Å². The van der Waals surface area contributed by atoms with Gasteiger partial charge in [-0.05, 0) is 49.4 Å². The van der Waals surface area contributed by atoms with Gasteiger partial charge >= 0.3 is 0 Å². The SMILES string of the molecule is C=C1[C@H]2C[C@H]([C@H](OC3CCCCO3)C2)C1(C)C. The van der Waals surface area contributed by atoms with Crippen molar-refractivity contribution in [3.05, 3.63) is 12.2 Å². The average Bonchev–Trinajstić information content (AvgIpc) is 2.81. The Morgan fingerprint density at radius 1 is 1.29 bits per heavy atom. The number of fused-ring (bicyclic) bond motifs is 2. The van der Waals surface area contributed by atoms with Crippen molar-refractivity contribution in [1.29, 1.82) is 0 Å². The fourth-order valence-corrected chi connectivity index (χ4v) is 3.97. The van der Waals surface area contributed by atoms with Gasteiger partial charge in [0.05, 0.1) is 6.10 Å². The molecular formula is C15H24O2. The summed E-state index contributed by atoms with van der Waals surface area (Å²) in [7, 11) is 0. The molecule has 0 N–H and O–H groups in total. The van der Waals surface area contributed by atoms with Crippen LogP contribution in [-0.2, 0) is 9.47 Å². The third-order valence-corrected chi connectivity index (χ3v) is 5.22. The Hall–Kier alpha value is -0.340. The van der Waals surface area contributed by atoms with Crippen molar-refractivity contribution in [2.75, 3.05) is 6.61 Å². The molecule has 1 heterocycles. The van der Waals surface area contributed by atoms with E-state index in [9.17, 15) is 0 Å². The monoisotopic (exact) mass is 236 g/mol. The van der Waals surface area contributed by atoms with Crippen molar-refractivity contribution in [1.82, 2.24) is 0 Å². The van der Waals surface area contributed by atoms with E-state index in [2.05, 4.69) is 20.4 Å². The van der Waals surface area contributed by atoms with Crippen LogP contribution in [0.1, 0.15) is 46.0 Å². The molecule has 3 aliphatic rings. The Labute approximate surface area is 104 Å². The van der Waals surface area contributed by atoms with Gasteiger partial charge in [0.25, 0.3) is 0 Å². The second-order valence-electron chi connectivity index (χ2n) is 6.49. The average molecular weight is 236 g/mol. The molecule has 1 saturated heterocycles. The zero-order chi connectivity index (χ0) is 12.0. The van der Waals surface area contributed by atoms with Gasteiger partial charge in [-0.3, -0.25) is 0 Å². The van der Waals surface area contributed by atoms with Crippen LogP contribution in [-0.4, -0.2) is 19.0 Å². The zero-order valence-electron chi connectivity index (χ0n) is 11.1. The van der Waals surface area contributed by atoms with Gasteiger partial charge < -0.3 is 9.47 Å². The first-order valence-corrected chi connectivity index (χ1v) is 7.05. The molecule has 0 aromatic heterocycles. The summed E-state index contributed by atoms with van der Waals surface area (Å²) in [5.41, 5.74) is 1.72. The first-order chi connectivity index (χ1) is 8.09. The summed E-state index contributed by atoms with van der Waals surface area (Å²) in [6.45, 7) is 9.82. The summed E-state index contributed by atoms with van der Waals surface area (Å²) in [4.78, 5) is 0. The molecule has 0 spiro atoms. The number of hydrogen-bond acceptors (Lipinski definition) is 2. The molecule has 0 aromatic carbocycles. The van der Waals surface area contributed by atoms with E-state index in [0.717, 1.165) is 13.0 Å². The van der Waals surface area contributed by atoms with E-state index in [-0.39, 0.29) is 11.7 Å². The number of ether oxygens (including phenoxy) is 2. The fraction of sp³-hybridized carbons (Fsp3) is 0.867. The standard InChI is InChI=1S/C15H24O2/c1-10-11-8-12(15(10,2)3)13(9-11)17-14-6-4-5-7-16-14/h11-14H,1,4-9H2,2-3H3/t11-,12+,13+,14?/m0/s1. The van der Waals surface area contributed by atoms with E-state index < -0.39 is 0 Å². The van der Waals surface area contributed by atoms with Gasteiger partial charge in [-0.2, -0.15) is 0 Å². The molecule has 4 atom stereocenters. The highest BCUT2D eigenvalue weighted by Crippen LogP contribution is 2.59. The number of allylic oxidation sites excluding steroid dienone is 1. The van der Waals surface area contributed by atoms with Crippen LogP contribution < -0.4 is 0 Å². The molecule has 96 valence electrons. The van der Waals surface area contributed by atoms with Crippen LogP contribution in [0.5, 0.6) is 0 Å². The van der Waals surface area contributed by atoms with Crippen LogP contribution in [0.15, 0.2) is 12.2 Å². The lowest BCUT2D eigenvalue weighted by Gasteiger charge is -2.39. The molecule has 2 heteroatoms. The van der Waals surface area contributed by atoms with Crippen molar-refractivity contribution in [3.8, 4) is 0 Å². The van der Waals surface area contributed by atoms with Crippen LogP contribution in [0, 0.1) is 17.3 Å². The van der Waals surface area contributed by atoms with Crippen molar-refractivity contribution >= 4 is 0 Å². The molecular weight excluding hydrogens is 212 g/mol. The molecule has 3 fully saturated rings. The molecule has 2 saturated carbocycles. The van der Waals surface area contributed by atoms with Crippen molar-refractivity contribution < 1.29 is 9.47 Å². The minimum Gasteiger partial charge on any atom is -0.353 e. The maximum atomic E-state index is 6.21. The minimum absolute atomic E-state index is 0.0668. The summed E-state index contributed by atoms with van der Waals surface area (Å²) < 4.78 is 11.9. The van der Waals surface area contributed by atoms with E-state index in [1.165, 1.54) is 31.3 Å². The van der Waals surface area contributed by atoms with Crippen molar-refractivity contribution in [2.24, 2.45) is 17.3 Å². The van der Waals surface area contributed by atoms with E-state index >= 15 is 0 Å². The smallest absolute Gasteiger partial charge is 0.157 e. The molecule has 2 aliphatic carbocycles. The highest BCUT2D eigenvalue weighted by atomic mass is 16.7. The molecule has 0 amide bonds. The van der Waals surface area contributed by atoms with E-state index in [0.29, 0.717) is 17.9 Å². The van der Waals surface area contributed by atoms with Crippen LogP contribution in [0.4, 0.5) is 0 Å². The molecule has 0 aromatic rings. The number of rotatable bonds is 2. The highest BCUT2D eigenvalue weighted by Gasteiger charge is 2.54. The van der Waals surface area contributed by atoms with Crippen LogP contribution in [0.25, 0.3) is 0 Å². The fourth-order valence-electron chi connectivity index (χ4n) is 3.97. The Bertz CT molecular complexity index is 315. The Morgan fingerprint density at radius 2 is 2.12 bits per heavy atom. The summed E-state index contributed by atoms with van der Waals surface area (Å²) in [6, 6.07) is 0. The van der Waals surface area contributed by atoms with Gasteiger partial charge in [-0.1, -0.05) is 26.0 Å². The van der Waals surface area contributed by atoms with Gasteiger partial charge in [0.15, 0.2) is 6.29 Å². The van der Waals surface area contributed by atoms with Crippen LogP contribution >= 0.6 is 0 Å². The van der Waals surface area contributed by atoms with Gasteiger partial charge in [0, 0.05) is 6.61 Å². The summed E-state index contributed by atoms with van der Waals surface area (Å²) in [6.07, 6.45) is 6.45. The molecule has 17 heavy (non-hydrogen) atoms. The van der Waals surface area contributed by atoms with Crippen LogP contribution in [0.2, 0.25) is 0 Å². The maximum Gasteiger partial charge on any atom is 0.157 e. The highest BCUT2D eigenvalue weighted by molar-refractivity contribution is 5.25. The second-order valence-corrected chi connectivity index (χ2v) is 6.49. The topological polar surface area (TPSA) is 18.5 Å². The van der Waals surface area contributed by atoms with E-state index in [1.54, 1.807) is 0 Å². The summed E-state index contributed by atoms with van der Waals surface area (Å²) in [5.74, 6) is 1.36. The van der Waals surface area contributed by atoms with Gasteiger partial charge in [0.1, 0.15) is 0 Å². The molecule has 2 bridgehead atoms. The van der Waals surface area contributed by atoms with Gasteiger partial charge in [0.2, 0.25) is 0 Å². The van der Waals surface area contributed by atoms with Crippen LogP contribution in [0.3, 0.4) is 0 Å². The lowest BCUT2D eigenvalue weighted by Crippen LogP contribution is -2.38. The van der Waals surface area contributed by atoms with E-state index in [4.69, 9.17) is 9.47 Å². The zero-order valence-corrected chi connectivity index (χ0v) is 11.1. The second kappa shape index (κ2) is 4.10. The molecule has 0 radical (unpaired) electrons. The molecule has 1 aliphatic heterocycles. The van der Waals surface area contributed by atoms with Crippen molar-refractivity contribution in [3.63, 3.8) is 0 Å². The molecule has 3 rings (SSSR count). The van der Waals surface area contributed by atoms with Gasteiger partial charge in [-0.15, -0.1) is 0 Å². The summed E-state index contributed by atoms with van der Waals surface area (Å²) in [5, 5.41) is 0. The lowest BCUT2D eigenvalue weighted by molar-refractivity contribution is -0.201. The largest absolute Gasteiger partial charge is 0.353 e. The molecule has 2 nitrogen and oxygen atoms in total. The third-order valence-electron chi connectivity index (χ3n) is 5.22. The predicted octanol–water partition coefficient (Wildman–Crippen LogP) is 3.52. The maximum absolute atomic E-state index is 6.21. The first kappa shape index (κ1) is 11.7. The van der Waals surface area contributed by atoms with Gasteiger partial charge in [-0.25, -0.2) is 0 Å². The predicted molar refractivity (Wildman–Crippen MR) is 67.6 cm³/mol. The molecule has 1 unspecified atom stereocenters. The van der Waals surface area contributed by atoms with Crippen molar-refractivity contribution in [2.45, 2.75) is 58.3 Å². The minimum atomic E-state index is 0.0668. The Morgan fingerprint density at radius 3 is 2.71 bits per heavy atom. The first-order valence-electron chi connectivity index (χ1n) is 7.05. The Balaban J connectivity index is 1.65. The lowest BCUT2D eigenvalue weighted by atomic mass is 9.72. The third kappa shape index (κ3) is 1.86. The number of hydrogen-bond donors (Lipinski definition) is 0. The Kier molecular flexibility index (Phi) is 2.83.